The molecule has 0 aliphatic carbocycles. The van der Waals surface area contributed by atoms with Crippen LogP contribution in [0.15, 0.2) is 41.4 Å². The zero-order chi connectivity index (χ0) is 21.5. The van der Waals surface area contributed by atoms with Crippen LogP contribution in [0.4, 0.5) is 5.69 Å². The van der Waals surface area contributed by atoms with E-state index in [1.807, 2.05) is 25.1 Å². The van der Waals surface area contributed by atoms with Crippen LogP contribution < -0.4 is 20.1 Å². The summed E-state index contributed by atoms with van der Waals surface area (Å²) >= 11 is 6.23. The molecule has 1 fully saturated rings. The lowest BCUT2D eigenvalue weighted by Crippen LogP contribution is -2.37. The molecule has 0 aromatic heterocycles. The largest absolute Gasteiger partial charge is 0.493 e. The van der Waals surface area contributed by atoms with E-state index in [1.54, 1.807) is 25.3 Å². The topological polar surface area (TPSA) is 81.2 Å². The van der Waals surface area contributed by atoms with E-state index in [1.165, 1.54) is 7.11 Å². The van der Waals surface area contributed by atoms with Gasteiger partial charge in [-0.15, -0.1) is 0 Å². The molecular formula is C22H26ClN3O4. The van der Waals surface area contributed by atoms with Crippen molar-refractivity contribution in [3.05, 3.63) is 52.5 Å². The molecule has 0 bridgehead atoms. The van der Waals surface area contributed by atoms with Crippen molar-refractivity contribution >= 4 is 29.2 Å². The smallest absolute Gasteiger partial charge is 0.258 e. The van der Waals surface area contributed by atoms with Crippen molar-refractivity contribution in [2.24, 2.45) is 4.99 Å². The molecule has 1 heterocycles. The van der Waals surface area contributed by atoms with Gasteiger partial charge in [0, 0.05) is 22.9 Å². The molecule has 8 heteroatoms. The highest BCUT2D eigenvalue weighted by Gasteiger charge is 2.17. The van der Waals surface area contributed by atoms with Crippen molar-refractivity contribution in [1.82, 2.24) is 5.32 Å². The highest BCUT2D eigenvalue weighted by atomic mass is 35.5. The number of benzene rings is 2. The van der Waals surface area contributed by atoms with E-state index in [0.29, 0.717) is 34.6 Å². The van der Waals surface area contributed by atoms with Gasteiger partial charge in [-0.25, -0.2) is 4.99 Å². The molecule has 7 nitrogen and oxygen atoms in total. The number of carbonyl (C=O) groups excluding carboxylic acids is 1. The first-order valence-corrected chi connectivity index (χ1v) is 10.1. The third-order valence-corrected chi connectivity index (χ3v) is 5.28. The molecule has 160 valence electrons. The molecule has 2 aromatic rings. The van der Waals surface area contributed by atoms with Crippen LogP contribution >= 0.6 is 11.6 Å². The van der Waals surface area contributed by atoms with Crippen LogP contribution in [0, 0.1) is 6.92 Å². The van der Waals surface area contributed by atoms with Gasteiger partial charge in [-0.3, -0.25) is 10.1 Å². The summed E-state index contributed by atoms with van der Waals surface area (Å²) in [4.78, 5) is 17.4. The fourth-order valence-electron chi connectivity index (χ4n) is 3.12. The van der Waals surface area contributed by atoms with Crippen LogP contribution in [-0.4, -0.2) is 45.3 Å². The van der Waals surface area contributed by atoms with E-state index in [-0.39, 0.29) is 12.0 Å². The van der Waals surface area contributed by atoms with Crippen LogP contribution in [0.2, 0.25) is 5.02 Å². The number of nitrogens with zero attached hydrogens (tertiary/aromatic N) is 1. The zero-order valence-electron chi connectivity index (χ0n) is 17.3. The molecule has 0 saturated carbocycles. The van der Waals surface area contributed by atoms with E-state index in [9.17, 15) is 4.79 Å². The molecule has 0 unspecified atom stereocenters. The Hall–Kier alpha value is -2.77. The molecular weight excluding hydrogens is 406 g/mol. The number of aliphatic imine (C=N–C) groups is 1. The molecule has 1 atom stereocenters. The van der Waals surface area contributed by atoms with Gasteiger partial charge in [-0.2, -0.15) is 0 Å². The highest BCUT2D eigenvalue weighted by molar-refractivity contribution is 6.31. The molecule has 0 radical (unpaired) electrons. The number of hydrogen-bond acceptors (Lipinski definition) is 5. The summed E-state index contributed by atoms with van der Waals surface area (Å²) in [5.41, 5.74) is 2.05. The van der Waals surface area contributed by atoms with Gasteiger partial charge < -0.3 is 19.5 Å². The van der Waals surface area contributed by atoms with E-state index in [0.717, 1.165) is 30.7 Å². The van der Waals surface area contributed by atoms with Crippen molar-refractivity contribution in [3.8, 4) is 11.5 Å². The van der Waals surface area contributed by atoms with Gasteiger partial charge in [0.1, 0.15) is 0 Å². The molecule has 1 amide bonds. The second-order valence-corrected chi connectivity index (χ2v) is 7.29. The minimum atomic E-state index is -0.325. The third kappa shape index (κ3) is 5.43. The van der Waals surface area contributed by atoms with Crippen molar-refractivity contribution in [1.29, 1.82) is 0 Å². The van der Waals surface area contributed by atoms with Gasteiger partial charge in [-0.05, 0) is 55.7 Å². The summed E-state index contributed by atoms with van der Waals surface area (Å²) in [6.45, 7) is 3.10. The number of guanidine groups is 1. The van der Waals surface area contributed by atoms with Gasteiger partial charge in [-0.1, -0.05) is 17.7 Å². The lowest BCUT2D eigenvalue weighted by atomic mass is 10.2. The van der Waals surface area contributed by atoms with Gasteiger partial charge >= 0.3 is 0 Å². The Labute approximate surface area is 181 Å². The van der Waals surface area contributed by atoms with Gasteiger partial charge in [0.05, 0.1) is 26.9 Å². The maximum absolute atomic E-state index is 12.9. The quantitative estimate of drug-likeness (QED) is 0.533. The summed E-state index contributed by atoms with van der Waals surface area (Å²) in [7, 11) is 3.07. The highest BCUT2D eigenvalue weighted by Crippen LogP contribution is 2.27. The number of nitrogens with one attached hydrogen (secondary N) is 2. The molecule has 3 rings (SSSR count). The van der Waals surface area contributed by atoms with Crippen molar-refractivity contribution in [2.45, 2.75) is 25.9 Å². The zero-order valence-corrected chi connectivity index (χ0v) is 18.1. The summed E-state index contributed by atoms with van der Waals surface area (Å²) in [6.07, 6.45) is 2.03. The molecule has 2 N–H and O–H groups in total. The van der Waals surface area contributed by atoms with Crippen LogP contribution in [-0.2, 0) is 4.74 Å². The SMILES string of the molecule is COc1ccc(C(=O)NC(=NC[C@H]2CCCO2)Nc2cccc(Cl)c2C)cc1OC. The van der Waals surface area contributed by atoms with Crippen molar-refractivity contribution < 1.29 is 19.0 Å². The standard InChI is InChI=1S/C22H26ClN3O4/c1-14-17(23)7-4-8-18(14)25-22(24-13-16-6-5-11-30-16)26-21(27)15-9-10-19(28-2)20(12-15)29-3/h4,7-10,12,16H,5-6,11,13H2,1-3H3,(H2,24,25,26,27)/t16-/m1/s1. The molecule has 1 aliphatic heterocycles. The molecule has 2 aromatic carbocycles. The van der Waals surface area contributed by atoms with Crippen LogP contribution in [0.1, 0.15) is 28.8 Å². The normalized spacial score (nSPS) is 16.3. The number of carbonyl (C=O) groups is 1. The fourth-order valence-corrected chi connectivity index (χ4v) is 3.29. The first-order chi connectivity index (χ1) is 14.5. The number of methoxy groups -OCH3 is 2. The lowest BCUT2D eigenvalue weighted by Gasteiger charge is -2.16. The number of anilines is 1. The first kappa shape index (κ1) is 21.9. The minimum absolute atomic E-state index is 0.0558. The average molecular weight is 432 g/mol. The minimum Gasteiger partial charge on any atom is -0.493 e. The van der Waals surface area contributed by atoms with Crippen LogP contribution in [0.25, 0.3) is 0 Å². The second-order valence-electron chi connectivity index (χ2n) is 6.89. The third-order valence-electron chi connectivity index (χ3n) is 4.88. The Morgan fingerprint density at radius 1 is 1.23 bits per heavy atom. The van der Waals surface area contributed by atoms with Gasteiger partial charge in [0.15, 0.2) is 11.5 Å². The number of ether oxygens (including phenoxy) is 3. The molecule has 1 saturated heterocycles. The maximum Gasteiger partial charge on any atom is 0.258 e. The van der Waals surface area contributed by atoms with E-state index in [2.05, 4.69) is 15.6 Å². The summed E-state index contributed by atoms with van der Waals surface area (Å²) in [5, 5.41) is 6.66. The maximum atomic E-state index is 12.9. The van der Waals surface area contributed by atoms with Gasteiger partial charge in [0.2, 0.25) is 5.96 Å². The van der Waals surface area contributed by atoms with E-state index >= 15 is 0 Å². The average Bonchev–Trinajstić information content (AvgIpc) is 3.28. The van der Waals surface area contributed by atoms with Crippen molar-refractivity contribution in [3.63, 3.8) is 0 Å². The fraction of sp³-hybridized carbons (Fsp3) is 0.364. The monoisotopic (exact) mass is 431 g/mol. The Morgan fingerprint density at radius 3 is 2.73 bits per heavy atom. The Kier molecular flexibility index (Phi) is 7.54. The predicted octanol–water partition coefficient (Wildman–Crippen LogP) is 4.04. The molecule has 0 spiro atoms. The Morgan fingerprint density at radius 2 is 2.03 bits per heavy atom. The summed E-state index contributed by atoms with van der Waals surface area (Å²) < 4.78 is 16.2. The number of halogens is 1. The Bertz CT molecular complexity index is 927. The Balaban J connectivity index is 1.81. The lowest BCUT2D eigenvalue weighted by molar-refractivity contribution is 0.0975. The van der Waals surface area contributed by atoms with E-state index < -0.39 is 0 Å². The van der Waals surface area contributed by atoms with E-state index in [4.69, 9.17) is 25.8 Å². The van der Waals surface area contributed by atoms with Crippen LogP contribution in [0.5, 0.6) is 11.5 Å². The molecule has 1 aliphatic rings. The number of hydrogen-bond donors (Lipinski definition) is 2. The number of rotatable bonds is 6. The van der Waals surface area contributed by atoms with Crippen molar-refractivity contribution in [2.75, 3.05) is 32.7 Å². The number of amides is 1. The summed E-state index contributed by atoms with van der Waals surface area (Å²) in [6, 6.07) is 10.5. The summed E-state index contributed by atoms with van der Waals surface area (Å²) in [5.74, 6) is 1.03. The van der Waals surface area contributed by atoms with Crippen LogP contribution in [0.3, 0.4) is 0 Å². The van der Waals surface area contributed by atoms with Gasteiger partial charge in [0.25, 0.3) is 5.91 Å². The first-order valence-electron chi connectivity index (χ1n) is 9.73. The second kappa shape index (κ2) is 10.3. The molecule has 30 heavy (non-hydrogen) atoms. The predicted molar refractivity (Wildman–Crippen MR) is 118 cm³/mol.